The van der Waals surface area contributed by atoms with E-state index in [2.05, 4.69) is 80.9 Å². The Labute approximate surface area is 292 Å². The minimum Gasteiger partial charge on any atom is -0.512 e. The van der Waals surface area contributed by atoms with Gasteiger partial charge in [-0.25, -0.2) is 4.39 Å². The van der Waals surface area contributed by atoms with Gasteiger partial charge in [0.15, 0.2) is 5.78 Å². The number of aliphatic hydroxyl groups excluding tert-OH is 1. The first kappa shape index (κ1) is 37.8. The van der Waals surface area contributed by atoms with E-state index in [1.54, 1.807) is 11.3 Å². The Morgan fingerprint density at radius 2 is 1.59 bits per heavy atom. The van der Waals surface area contributed by atoms with Crippen LogP contribution in [0.5, 0.6) is 0 Å². The maximum Gasteiger partial charge on any atom is 0.162 e. The van der Waals surface area contributed by atoms with Gasteiger partial charge in [0.2, 0.25) is 0 Å². The molecule has 0 unspecified atom stereocenters. The third-order valence-electron chi connectivity index (χ3n) is 9.06. The Morgan fingerprint density at radius 3 is 2.20 bits per heavy atom. The van der Waals surface area contributed by atoms with E-state index in [0.29, 0.717) is 5.39 Å². The molecule has 1 N–H and O–H groups in total. The van der Waals surface area contributed by atoms with E-state index in [9.17, 15) is 14.3 Å². The average Bonchev–Trinajstić information content (AvgIpc) is 3.41. The molecule has 5 rings (SSSR count). The molecule has 3 nitrogen and oxygen atoms in total. The van der Waals surface area contributed by atoms with E-state index in [4.69, 9.17) is 0 Å². The third-order valence-corrected chi connectivity index (χ3v) is 12.4. The van der Waals surface area contributed by atoms with Gasteiger partial charge in [0.1, 0.15) is 5.82 Å². The van der Waals surface area contributed by atoms with E-state index in [1.807, 2.05) is 33.8 Å². The van der Waals surface area contributed by atoms with Gasteiger partial charge in [0, 0.05) is 63.9 Å². The SMILES string of the molecule is CCC(CC)C(=O)/C=C(\O)C(CC)CC.Cc1ccc2c(sc3c(-c4[c-]c5ccccc5c([Si](C)(C)C)c4)ncc(F)c32)c1C.[Ir]. The van der Waals surface area contributed by atoms with Crippen molar-refractivity contribution < 1.29 is 34.4 Å². The third kappa shape index (κ3) is 7.87. The van der Waals surface area contributed by atoms with Gasteiger partial charge < -0.3 is 5.11 Å². The summed E-state index contributed by atoms with van der Waals surface area (Å²) in [5.74, 6) is 0.292. The van der Waals surface area contributed by atoms with Crippen LogP contribution in [0.1, 0.15) is 64.5 Å². The summed E-state index contributed by atoms with van der Waals surface area (Å²) in [7, 11) is -1.61. The Balaban J connectivity index is 0.000000309. The predicted molar refractivity (Wildman–Crippen MR) is 195 cm³/mol. The quantitative estimate of drug-likeness (QED) is 0.0697. The molecule has 0 aliphatic heterocycles. The van der Waals surface area contributed by atoms with Gasteiger partial charge >= 0.3 is 0 Å². The maximum absolute atomic E-state index is 14.9. The number of hydrogen-bond donors (Lipinski definition) is 1. The second kappa shape index (κ2) is 15.9. The van der Waals surface area contributed by atoms with Gasteiger partial charge in [0.25, 0.3) is 0 Å². The normalized spacial score (nSPS) is 12.1. The predicted octanol–water partition coefficient (Wildman–Crippen LogP) is 11.2. The molecule has 0 saturated heterocycles. The zero-order chi connectivity index (χ0) is 33.1. The fraction of sp³-hybridized carbons (Fsp3) is 0.385. The number of aryl methyl sites for hydroxylation is 2. The van der Waals surface area contributed by atoms with Crippen molar-refractivity contribution in [3.05, 3.63) is 83.5 Å². The van der Waals surface area contributed by atoms with Crippen molar-refractivity contribution in [1.29, 1.82) is 0 Å². The molecule has 5 aromatic rings. The Morgan fingerprint density at radius 1 is 0.957 bits per heavy atom. The summed E-state index contributed by atoms with van der Waals surface area (Å²) in [6.07, 6.45) is 6.28. The van der Waals surface area contributed by atoms with Crippen molar-refractivity contribution in [1.82, 2.24) is 4.98 Å². The molecule has 0 spiro atoms. The minimum atomic E-state index is -1.61. The molecular weight excluding hydrogens is 786 g/mol. The molecule has 0 bridgehead atoms. The van der Waals surface area contributed by atoms with Gasteiger partial charge in [-0.15, -0.1) is 40.1 Å². The molecule has 3 aromatic carbocycles. The Hall–Kier alpha value is -2.70. The number of aliphatic hydroxyl groups is 1. The number of fused-ring (bicyclic) bond motifs is 4. The van der Waals surface area contributed by atoms with Crippen LogP contribution in [0.4, 0.5) is 4.39 Å². The number of ketones is 1. The molecule has 0 saturated carbocycles. The number of aromatic nitrogens is 1. The molecule has 0 amide bonds. The van der Waals surface area contributed by atoms with Crippen molar-refractivity contribution in [3.63, 3.8) is 0 Å². The number of nitrogens with zero attached hydrogens (tertiary/aromatic N) is 1. The van der Waals surface area contributed by atoms with Crippen molar-refractivity contribution in [2.24, 2.45) is 11.8 Å². The first-order valence-corrected chi connectivity index (χ1v) is 20.5. The molecule has 0 aliphatic carbocycles. The zero-order valence-electron chi connectivity index (χ0n) is 28.6. The molecule has 7 heteroatoms. The fourth-order valence-electron chi connectivity index (χ4n) is 5.99. The molecule has 0 fully saturated rings. The van der Waals surface area contributed by atoms with Gasteiger partial charge in [-0.05, 0) is 50.7 Å². The number of allylic oxidation sites excluding steroid dienone is 2. The smallest absolute Gasteiger partial charge is 0.162 e. The molecule has 46 heavy (non-hydrogen) atoms. The summed E-state index contributed by atoms with van der Waals surface area (Å²) in [6, 6.07) is 18.4. The van der Waals surface area contributed by atoms with E-state index in [1.165, 1.54) is 34.0 Å². The summed E-state index contributed by atoms with van der Waals surface area (Å²) in [5.41, 5.74) is 4.22. The number of rotatable bonds is 9. The zero-order valence-corrected chi connectivity index (χ0v) is 32.8. The molecule has 0 aliphatic rings. The van der Waals surface area contributed by atoms with Gasteiger partial charge in [-0.3, -0.25) is 9.78 Å². The number of benzene rings is 3. The second-order valence-corrected chi connectivity index (χ2v) is 19.1. The topological polar surface area (TPSA) is 50.2 Å². The van der Waals surface area contributed by atoms with Crippen LogP contribution < -0.4 is 5.19 Å². The summed E-state index contributed by atoms with van der Waals surface area (Å²) in [6.45, 7) is 19.4. The number of carbonyl (C=O) groups is 1. The van der Waals surface area contributed by atoms with Crippen LogP contribution in [-0.4, -0.2) is 23.9 Å². The van der Waals surface area contributed by atoms with Crippen molar-refractivity contribution in [2.45, 2.75) is 86.9 Å². The van der Waals surface area contributed by atoms with Crippen LogP contribution >= 0.6 is 11.3 Å². The van der Waals surface area contributed by atoms with Crippen molar-refractivity contribution in [2.75, 3.05) is 0 Å². The first-order chi connectivity index (χ1) is 21.4. The fourth-order valence-corrected chi connectivity index (χ4v) is 8.96. The molecular formula is C39H47FIrNO2SSi-. The summed E-state index contributed by atoms with van der Waals surface area (Å²) >= 11 is 1.65. The van der Waals surface area contributed by atoms with Crippen LogP contribution in [0.25, 0.3) is 42.2 Å². The van der Waals surface area contributed by atoms with Crippen LogP contribution in [0.15, 0.2) is 60.5 Å². The number of hydrogen-bond acceptors (Lipinski definition) is 4. The van der Waals surface area contributed by atoms with Crippen LogP contribution in [-0.2, 0) is 24.9 Å². The number of thiophene rings is 1. The number of halogens is 1. The second-order valence-electron chi connectivity index (χ2n) is 13.0. The summed E-state index contributed by atoms with van der Waals surface area (Å²) < 4.78 is 17.0. The largest absolute Gasteiger partial charge is 0.512 e. The Bertz CT molecular complexity index is 1870. The molecule has 247 valence electrons. The monoisotopic (exact) mass is 833 g/mol. The average molecular weight is 833 g/mol. The van der Waals surface area contributed by atoms with E-state index >= 15 is 0 Å². The minimum absolute atomic E-state index is 0. The molecule has 2 heterocycles. The summed E-state index contributed by atoms with van der Waals surface area (Å²) in [5, 5.41) is 15.2. The van der Waals surface area contributed by atoms with Crippen molar-refractivity contribution in [3.8, 4) is 11.3 Å². The van der Waals surface area contributed by atoms with Crippen LogP contribution in [0.3, 0.4) is 0 Å². The van der Waals surface area contributed by atoms with Gasteiger partial charge in [0.05, 0.1) is 20.0 Å². The molecule has 1 radical (unpaired) electrons. The maximum atomic E-state index is 14.9. The first-order valence-electron chi connectivity index (χ1n) is 16.2. The van der Waals surface area contributed by atoms with E-state index in [-0.39, 0.29) is 49.3 Å². The van der Waals surface area contributed by atoms with Crippen molar-refractivity contribution >= 4 is 61.3 Å². The number of carbonyl (C=O) groups excluding carboxylic acids is 1. The number of pyridine rings is 1. The summed E-state index contributed by atoms with van der Waals surface area (Å²) in [4.78, 5) is 16.3. The Kier molecular flexibility index (Phi) is 13.1. The van der Waals surface area contributed by atoms with Crippen LogP contribution in [0.2, 0.25) is 19.6 Å². The van der Waals surface area contributed by atoms with Gasteiger partial charge in [-0.1, -0.05) is 88.6 Å². The van der Waals surface area contributed by atoms with E-state index < -0.39 is 8.07 Å². The standard InChI is InChI=1S/C26H23FNSSi.C13H24O2.Ir/c1-15-10-11-20-23-21(27)14-28-24(26(23)29-25(20)16(15)2)18-12-17-8-6-7-9-19(17)22(13-18)30(3,4)5;1-5-10(6-2)12(14)9-13(15)11(7-3)8-4;/h6-11,13-14H,1-5H3;9-11,14H,5-8H2,1-4H3;/q-1;;/b;12-9-;. The van der Waals surface area contributed by atoms with Crippen LogP contribution in [0, 0.1) is 37.6 Å². The van der Waals surface area contributed by atoms with Gasteiger partial charge in [-0.2, -0.15) is 0 Å². The van der Waals surface area contributed by atoms with E-state index in [0.717, 1.165) is 57.1 Å². The molecule has 2 aromatic heterocycles. The molecule has 0 atom stereocenters.